The largest absolute Gasteiger partial charge is 0.416 e. The molecule has 0 radical (unpaired) electrons. The predicted octanol–water partition coefficient (Wildman–Crippen LogP) is 3.97. The molecule has 5 nitrogen and oxygen atoms in total. The van der Waals surface area contributed by atoms with E-state index >= 15 is 0 Å². The summed E-state index contributed by atoms with van der Waals surface area (Å²) in [4.78, 5) is 6.20. The van der Waals surface area contributed by atoms with Crippen LogP contribution in [0.4, 0.5) is 17.6 Å². The Hall–Kier alpha value is -1.87. The lowest BCUT2D eigenvalue weighted by atomic mass is 10.1. The van der Waals surface area contributed by atoms with Gasteiger partial charge in [-0.3, -0.25) is 4.99 Å². The minimum Gasteiger partial charge on any atom is -0.376 e. The molecule has 0 bridgehead atoms. The van der Waals surface area contributed by atoms with E-state index in [2.05, 4.69) is 10.3 Å². The van der Waals surface area contributed by atoms with E-state index in [1.165, 1.54) is 6.42 Å². The lowest BCUT2D eigenvalue weighted by molar-refractivity contribution is -0.138. The van der Waals surface area contributed by atoms with E-state index < -0.39 is 17.6 Å². The molecule has 1 aromatic carbocycles. The van der Waals surface area contributed by atoms with Gasteiger partial charge in [-0.1, -0.05) is 6.07 Å². The van der Waals surface area contributed by atoms with Crippen LogP contribution in [0.3, 0.4) is 0 Å². The van der Waals surface area contributed by atoms with Crippen molar-refractivity contribution in [3.05, 3.63) is 35.1 Å². The fraction of sp³-hybridized carbons (Fsp3) is 0.667. The van der Waals surface area contributed by atoms with Crippen LogP contribution < -0.4 is 5.32 Å². The SMILES string of the molecule is CN=C(NCc1ccc(F)cc1C(F)(F)F)N1CCC(OCC2CCCCO2)CC1. The summed E-state index contributed by atoms with van der Waals surface area (Å²) in [5.74, 6) is -0.377. The van der Waals surface area contributed by atoms with E-state index in [0.29, 0.717) is 31.7 Å². The van der Waals surface area contributed by atoms with Crippen LogP contribution in [0.25, 0.3) is 0 Å². The summed E-state index contributed by atoms with van der Waals surface area (Å²) in [6.07, 6.45) is 0.694. The molecule has 30 heavy (non-hydrogen) atoms. The number of halogens is 4. The molecule has 1 N–H and O–H groups in total. The predicted molar refractivity (Wildman–Crippen MR) is 106 cm³/mol. The van der Waals surface area contributed by atoms with E-state index in [0.717, 1.165) is 44.4 Å². The number of guanidine groups is 1. The molecular formula is C21H29F4N3O2. The van der Waals surface area contributed by atoms with E-state index in [4.69, 9.17) is 9.47 Å². The molecule has 1 aromatic rings. The number of likely N-dealkylation sites (tertiary alicyclic amines) is 1. The average Bonchev–Trinajstić information content (AvgIpc) is 2.74. The number of rotatable bonds is 5. The lowest BCUT2D eigenvalue weighted by Gasteiger charge is -2.35. The normalized spacial score (nSPS) is 21.7. The number of piperidine rings is 1. The third kappa shape index (κ3) is 6.31. The summed E-state index contributed by atoms with van der Waals surface area (Å²) in [7, 11) is 1.60. The zero-order valence-corrected chi connectivity index (χ0v) is 17.2. The second-order valence-corrected chi connectivity index (χ2v) is 7.71. The molecule has 9 heteroatoms. The van der Waals surface area contributed by atoms with Crippen LogP contribution in [0.15, 0.2) is 23.2 Å². The van der Waals surface area contributed by atoms with E-state index in [1.54, 1.807) is 7.05 Å². The number of aliphatic imine (C=N–C) groups is 1. The zero-order valence-electron chi connectivity index (χ0n) is 17.2. The van der Waals surface area contributed by atoms with Crippen LogP contribution >= 0.6 is 0 Å². The summed E-state index contributed by atoms with van der Waals surface area (Å²) in [5.41, 5.74) is -0.988. The number of hydrogen-bond acceptors (Lipinski definition) is 3. The Morgan fingerprint density at radius 2 is 2.00 bits per heavy atom. The summed E-state index contributed by atoms with van der Waals surface area (Å²) in [6, 6.07) is 2.72. The first-order valence-electron chi connectivity index (χ1n) is 10.4. The van der Waals surface area contributed by atoms with Gasteiger partial charge in [0.2, 0.25) is 0 Å². The van der Waals surface area contributed by atoms with Crippen LogP contribution in [-0.4, -0.2) is 56.4 Å². The highest BCUT2D eigenvalue weighted by atomic mass is 19.4. The van der Waals surface area contributed by atoms with Crippen LogP contribution in [0.1, 0.15) is 43.2 Å². The second-order valence-electron chi connectivity index (χ2n) is 7.71. The number of hydrogen-bond donors (Lipinski definition) is 1. The van der Waals surface area contributed by atoms with Gasteiger partial charge < -0.3 is 19.7 Å². The number of ether oxygens (including phenoxy) is 2. The maximum absolute atomic E-state index is 13.3. The summed E-state index contributed by atoms with van der Waals surface area (Å²) in [6.45, 7) is 2.73. The monoisotopic (exact) mass is 431 g/mol. The molecule has 0 aromatic heterocycles. The van der Waals surface area contributed by atoms with Gasteiger partial charge >= 0.3 is 6.18 Å². The van der Waals surface area contributed by atoms with Crippen molar-refractivity contribution in [3.8, 4) is 0 Å². The molecule has 3 rings (SSSR count). The first-order valence-corrected chi connectivity index (χ1v) is 10.4. The molecule has 2 saturated heterocycles. The number of nitrogens with one attached hydrogen (secondary N) is 1. The molecule has 2 fully saturated rings. The molecule has 0 saturated carbocycles. The minimum atomic E-state index is -4.61. The van der Waals surface area contributed by atoms with Crippen molar-refractivity contribution in [1.82, 2.24) is 10.2 Å². The van der Waals surface area contributed by atoms with Crippen molar-refractivity contribution >= 4 is 5.96 Å². The molecule has 2 aliphatic heterocycles. The van der Waals surface area contributed by atoms with Gasteiger partial charge in [-0.2, -0.15) is 13.2 Å². The maximum Gasteiger partial charge on any atom is 0.416 e. The van der Waals surface area contributed by atoms with Gasteiger partial charge in [0, 0.05) is 33.3 Å². The number of alkyl halides is 3. The molecular weight excluding hydrogens is 402 g/mol. The fourth-order valence-corrected chi connectivity index (χ4v) is 3.89. The van der Waals surface area contributed by atoms with Gasteiger partial charge in [-0.25, -0.2) is 4.39 Å². The Morgan fingerprint density at radius 1 is 1.23 bits per heavy atom. The standard InChI is InChI=1S/C21H29F4N3O2/c1-26-20(27-13-15-5-6-16(22)12-19(15)21(23,24)25)28-9-7-17(8-10-28)30-14-18-4-2-3-11-29-18/h5-6,12,17-18H,2-4,7-11,13-14H2,1H3,(H,26,27). The molecule has 0 amide bonds. The zero-order chi connectivity index (χ0) is 21.6. The summed E-state index contributed by atoms with van der Waals surface area (Å²) >= 11 is 0. The molecule has 0 spiro atoms. The fourth-order valence-electron chi connectivity index (χ4n) is 3.89. The highest BCUT2D eigenvalue weighted by Crippen LogP contribution is 2.32. The molecule has 1 unspecified atom stereocenters. The summed E-state index contributed by atoms with van der Waals surface area (Å²) in [5, 5.41) is 2.98. The smallest absolute Gasteiger partial charge is 0.376 e. The Balaban J connectivity index is 1.48. The van der Waals surface area contributed by atoms with E-state index in [9.17, 15) is 17.6 Å². The van der Waals surface area contributed by atoms with Crippen LogP contribution in [0, 0.1) is 5.82 Å². The van der Waals surface area contributed by atoms with Gasteiger partial charge in [0.1, 0.15) is 5.82 Å². The molecule has 2 aliphatic rings. The highest BCUT2D eigenvalue weighted by molar-refractivity contribution is 5.80. The van der Waals surface area contributed by atoms with Gasteiger partial charge in [-0.05, 0) is 49.8 Å². The lowest BCUT2D eigenvalue weighted by Crippen LogP contribution is -2.47. The van der Waals surface area contributed by atoms with Crippen LogP contribution in [0.5, 0.6) is 0 Å². The molecule has 1 atom stereocenters. The first kappa shape index (κ1) is 22.8. The van der Waals surface area contributed by atoms with Gasteiger partial charge in [0.05, 0.1) is 24.4 Å². The Kier molecular flexibility index (Phi) is 7.93. The van der Waals surface area contributed by atoms with Crippen LogP contribution in [-0.2, 0) is 22.2 Å². The van der Waals surface area contributed by atoms with E-state index in [1.807, 2.05) is 4.90 Å². The quantitative estimate of drug-likeness (QED) is 0.435. The average molecular weight is 431 g/mol. The molecule has 168 valence electrons. The maximum atomic E-state index is 13.3. The van der Waals surface area contributed by atoms with Crippen molar-refractivity contribution < 1.29 is 27.0 Å². The van der Waals surface area contributed by atoms with E-state index in [-0.39, 0.29) is 24.3 Å². The highest BCUT2D eigenvalue weighted by Gasteiger charge is 2.34. The number of nitrogens with zero attached hydrogens (tertiary/aromatic N) is 2. The van der Waals surface area contributed by atoms with Crippen molar-refractivity contribution in [2.75, 3.05) is 33.4 Å². The third-order valence-electron chi connectivity index (χ3n) is 5.56. The second kappa shape index (κ2) is 10.4. The van der Waals surface area contributed by atoms with Gasteiger partial charge in [0.15, 0.2) is 5.96 Å². The van der Waals surface area contributed by atoms with Crippen molar-refractivity contribution in [2.24, 2.45) is 4.99 Å². The van der Waals surface area contributed by atoms with Crippen molar-refractivity contribution in [1.29, 1.82) is 0 Å². The van der Waals surface area contributed by atoms with Crippen LogP contribution in [0.2, 0.25) is 0 Å². The molecule has 2 heterocycles. The van der Waals surface area contributed by atoms with Crippen molar-refractivity contribution in [2.45, 2.75) is 57.0 Å². The Bertz CT molecular complexity index is 713. The number of benzene rings is 1. The Labute approximate surface area is 174 Å². The van der Waals surface area contributed by atoms with Gasteiger partial charge in [-0.15, -0.1) is 0 Å². The third-order valence-corrected chi connectivity index (χ3v) is 5.56. The molecule has 0 aliphatic carbocycles. The Morgan fingerprint density at radius 3 is 2.63 bits per heavy atom. The minimum absolute atomic E-state index is 0.0178. The van der Waals surface area contributed by atoms with Gasteiger partial charge in [0.25, 0.3) is 0 Å². The topological polar surface area (TPSA) is 46.1 Å². The first-order chi connectivity index (χ1) is 14.4. The van der Waals surface area contributed by atoms with Crippen molar-refractivity contribution in [3.63, 3.8) is 0 Å². The summed E-state index contributed by atoms with van der Waals surface area (Å²) < 4.78 is 64.5.